The van der Waals surface area contributed by atoms with Crippen molar-refractivity contribution < 1.29 is 14.7 Å². The number of carboxylic acids is 1. The number of carbonyl (C=O) groups excluding carboxylic acids is 1. The molecule has 0 radical (unpaired) electrons. The van der Waals surface area contributed by atoms with Crippen molar-refractivity contribution >= 4 is 11.9 Å². The van der Waals surface area contributed by atoms with Gasteiger partial charge in [-0.05, 0) is 48.9 Å². The predicted octanol–water partition coefficient (Wildman–Crippen LogP) is 3.07. The molecule has 26 heavy (non-hydrogen) atoms. The van der Waals surface area contributed by atoms with Crippen molar-refractivity contribution in [1.82, 2.24) is 9.80 Å². The van der Waals surface area contributed by atoms with Crippen LogP contribution < -0.4 is 0 Å². The number of piperidine rings is 1. The maximum Gasteiger partial charge on any atom is 0.335 e. The highest BCUT2D eigenvalue weighted by Gasteiger charge is 2.47. The standard InChI is InChI=1S/C21H30N2O3/c1-15(2)12-19(24)23-10-8-21(9-11-23)14-22(3)13-18(21)16-4-6-17(7-5-16)20(25)26/h4-7,15,18H,8-14H2,1-3H3,(H,25,26). The van der Waals surface area contributed by atoms with Crippen LogP contribution in [0, 0.1) is 11.3 Å². The van der Waals surface area contributed by atoms with E-state index < -0.39 is 5.97 Å². The normalized spacial score (nSPS) is 22.9. The summed E-state index contributed by atoms with van der Waals surface area (Å²) < 4.78 is 0. The first-order valence-corrected chi connectivity index (χ1v) is 9.60. The summed E-state index contributed by atoms with van der Waals surface area (Å²) in [7, 11) is 2.16. The SMILES string of the molecule is CC(C)CC(=O)N1CCC2(CC1)CN(C)CC2c1ccc(C(=O)O)cc1. The smallest absolute Gasteiger partial charge is 0.335 e. The molecular weight excluding hydrogens is 328 g/mol. The molecule has 1 N–H and O–H groups in total. The van der Waals surface area contributed by atoms with Gasteiger partial charge in [0.05, 0.1) is 5.56 Å². The Morgan fingerprint density at radius 3 is 2.35 bits per heavy atom. The van der Waals surface area contributed by atoms with Crippen LogP contribution in [0.1, 0.15) is 54.9 Å². The number of likely N-dealkylation sites (tertiary alicyclic amines) is 2. The molecule has 2 saturated heterocycles. The van der Waals surface area contributed by atoms with Gasteiger partial charge in [-0.1, -0.05) is 26.0 Å². The Balaban J connectivity index is 1.74. The van der Waals surface area contributed by atoms with Gasteiger partial charge >= 0.3 is 5.97 Å². The lowest BCUT2D eigenvalue weighted by molar-refractivity contribution is -0.134. The molecule has 2 fully saturated rings. The lowest BCUT2D eigenvalue weighted by atomic mass is 9.68. The average molecular weight is 358 g/mol. The number of amides is 1. The number of hydrogen-bond acceptors (Lipinski definition) is 3. The molecule has 1 unspecified atom stereocenters. The van der Waals surface area contributed by atoms with Crippen LogP contribution in [0.5, 0.6) is 0 Å². The molecule has 1 spiro atoms. The van der Waals surface area contributed by atoms with E-state index in [9.17, 15) is 9.59 Å². The molecule has 1 aromatic carbocycles. The first-order valence-electron chi connectivity index (χ1n) is 9.60. The molecule has 0 aliphatic carbocycles. The summed E-state index contributed by atoms with van der Waals surface area (Å²) in [6, 6.07) is 7.38. The van der Waals surface area contributed by atoms with Crippen LogP contribution in [0.15, 0.2) is 24.3 Å². The fourth-order valence-corrected chi connectivity index (χ4v) is 4.72. The Kier molecular flexibility index (Phi) is 5.37. The Hall–Kier alpha value is -1.88. The van der Waals surface area contributed by atoms with Gasteiger partial charge in [0, 0.05) is 38.5 Å². The van der Waals surface area contributed by atoms with Gasteiger partial charge in [-0.2, -0.15) is 0 Å². The van der Waals surface area contributed by atoms with Crippen molar-refractivity contribution in [3.63, 3.8) is 0 Å². The summed E-state index contributed by atoms with van der Waals surface area (Å²) in [4.78, 5) is 27.9. The fraction of sp³-hybridized carbons (Fsp3) is 0.619. The highest BCUT2D eigenvalue weighted by molar-refractivity contribution is 5.87. The van der Waals surface area contributed by atoms with Crippen molar-refractivity contribution in [2.45, 2.75) is 39.0 Å². The van der Waals surface area contributed by atoms with Crippen LogP contribution in [0.2, 0.25) is 0 Å². The average Bonchev–Trinajstić information content (AvgIpc) is 2.90. The minimum absolute atomic E-state index is 0.189. The van der Waals surface area contributed by atoms with E-state index in [4.69, 9.17) is 5.11 Å². The minimum atomic E-state index is -0.883. The summed E-state index contributed by atoms with van der Waals surface area (Å²) in [5.74, 6) is 0.199. The Morgan fingerprint density at radius 1 is 1.19 bits per heavy atom. The van der Waals surface area contributed by atoms with Crippen molar-refractivity contribution in [1.29, 1.82) is 0 Å². The second-order valence-corrected chi connectivity index (χ2v) is 8.52. The van der Waals surface area contributed by atoms with Crippen molar-refractivity contribution in [3.05, 3.63) is 35.4 Å². The third-order valence-corrected chi connectivity index (χ3v) is 6.07. The van der Waals surface area contributed by atoms with Crippen LogP contribution in [-0.4, -0.2) is 60.0 Å². The highest BCUT2D eigenvalue weighted by atomic mass is 16.4. The Bertz CT molecular complexity index is 660. The molecule has 2 heterocycles. The zero-order valence-corrected chi connectivity index (χ0v) is 16.1. The summed E-state index contributed by atoms with van der Waals surface area (Å²) in [6.07, 6.45) is 2.67. The van der Waals surface area contributed by atoms with Gasteiger partial charge < -0.3 is 14.9 Å². The van der Waals surface area contributed by atoms with Crippen molar-refractivity contribution in [3.8, 4) is 0 Å². The maximum absolute atomic E-state index is 12.4. The van der Waals surface area contributed by atoms with E-state index >= 15 is 0 Å². The van der Waals surface area contributed by atoms with Crippen LogP contribution in [-0.2, 0) is 4.79 Å². The second-order valence-electron chi connectivity index (χ2n) is 8.52. The largest absolute Gasteiger partial charge is 0.478 e. The van der Waals surface area contributed by atoms with E-state index in [0.29, 0.717) is 23.8 Å². The van der Waals surface area contributed by atoms with Gasteiger partial charge in [0.25, 0.3) is 0 Å². The number of rotatable bonds is 4. The summed E-state index contributed by atoms with van der Waals surface area (Å²) >= 11 is 0. The Morgan fingerprint density at radius 2 is 1.81 bits per heavy atom. The number of hydrogen-bond donors (Lipinski definition) is 1. The molecule has 0 bridgehead atoms. The lowest BCUT2D eigenvalue weighted by Gasteiger charge is -2.43. The molecular formula is C21H30N2O3. The number of nitrogens with zero attached hydrogens (tertiary/aromatic N) is 2. The molecule has 1 aromatic rings. The molecule has 5 nitrogen and oxygen atoms in total. The molecule has 1 amide bonds. The molecule has 2 aliphatic rings. The number of benzene rings is 1. The Labute approximate surface area is 156 Å². The predicted molar refractivity (Wildman–Crippen MR) is 101 cm³/mol. The molecule has 5 heteroatoms. The van der Waals surface area contributed by atoms with Gasteiger partial charge in [-0.25, -0.2) is 4.79 Å². The summed E-state index contributed by atoms with van der Waals surface area (Å²) in [6.45, 7) is 7.89. The van der Waals surface area contributed by atoms with E-state index in [1.165, 1.54) is 5.56 Å². The quantitative estimate of drug-likeness (QED) is 0.899. The zero-order chi connectivity index (χ0) is 18.9. The molecule has 142 valence electrons. The fourth-order valence-electron chi connectivity index (χ4n) is 4.72. The second kappa shape index (κ2) is 7.39. The number of carboxylic acid groups (broad SMARTS) is 1. The summed E-state index contributed by atoms with van der Waals surface area (Å²) in [5, 5.41) is 9.12. The van der Waals surface area contributed by atoms with E-state index in [2.05, 4.69) is 25.8 Å². The highest BCUT2D eigenvalue weighted by Crippen LogP contribution is 2.49. The van der Waals surface area contributed by atoms with Gasteiger partial charge in [0.15, 0.2) is 0 Å². The molecule has 3 rings (SSSR count). The summed E-state index contributed by atoms with van der Waals surface area (Å²) in [5.41, 5.74) is 1.75. The van der Waals surface area contributed by atoms with E-state index in [-0.39, 0.29) is 11.3 Å². The maximum atomic E-state index is 12.4. The zero-order valence-electron chi connectivity index (χ0n) is 16.1. The lowest BCUT2D eigenvalue weighted by Crippen LogP contribution is -2.46. The van der Waals surface area contributed by atoms with E-state index in [1.54, 1.807) is 12.1 Å². The van der Waals surface area contributed by atoms with Gasteiger partial charge in [-0.3, -0.25) is 4.79 Å². The number of carbonyl (C=O) groups is 2. The molecule has 2 aliphatic heterocycles. The molecule has 1 atom stereocenters. The molecule has 0 aromatic heterocycles. The van der Waals surface area contributed by atoms with Crippen LogP contribution in [0.4, 0.5) is 0 Å². The van der Waals surface area contributed by atoms with Gasteiger partial charge in [-0.15, -0.1) is 0 Å². The number of likely N-dealkylation sites (N-methyl/N-ethyl adjacent to an activating group) is 1. The monoisotopic (exact) mass is 358 g/mol. The third-order valence-electron chi connectivity index (χ3n) is 6.07. The van der Waals surface area contributed by atoms with E-state index in [1.807, 2.05) is 17.0 Å². The van der Waals surface area contributed by atoms with Gasteiger partial charge in [0.1, 0.15) is 0 Å². The van der Waals surface area contributed by atoms with Crippen LogP contribution in [0.25, 0.3) is 0 Å². The van der Waals surface area contributed by atoms with Gasteiger partial charge in [0.2, 0.25) is 5.91 Å². The molecule has 0 saturated carbocycles. The number of aromatic carboxylic acids is 1. The van der Waals surface area contributed by atoms with Crippen molar-refractivity contribution in [2.75, 3.05) is 33.2 Å². The van der Waals surface area contributed by atoms with Crippen LogP contribution >= 0.6 is 0 Å². The van der Waals surface area contributed by atoms with Crippen molar-refractivity contribution in [2.24, 2.45) is 11.3 Å². The first-order chi connectivity index (χ1) is 12.3. The minimum Gasteiger partial charge on any atom is -0.478 e. The first kappa shape index (κ1) is 18.9. The third kappa shape index (κ3) is 3.78. The topological polar surface area (TPSA) is 60.9 Å². The van der Waals surface area contributed by atoms with E-state index in [0.717, 1.165) is 39.0 Å². The van der Waals surface area contributed by atoms with Crippen LogP contribution in [0.3, 0.4) is 0 Å².